The van der Waals surface area contributed by atoms with E-state index in [2.05, 4.69) is 51.4 Å². The van der Waals surface area contributed by atoms with E-state index in [4.69, 9.17) is 9.47 Å². The molecule has 2 saturated heterocycles. The van der Waals surface area contributed by atoms with Crippen LogP contribution in [0.2, 0.25) is 0 Å². The highest BCUT2D eigenvalue weighted by molar-refractivity contribution is 5.80. The van der Waals surface area contributed by atoms with Crippen molar-refractivity contribution in [3.8, 4) is 5.75 Å². The molecular formula is C25H40N4O2. The third kappa shape index (κ3) is 6.13. The van der Waals surface area contributed by atoms with Gasteiger partial charge in [0.1, 0.15) is 12.4 Å². The van der Waals surface area contributed by atoms with Gasteiger partial charge in [0.25, 0.3) is 0 Å². The Kier molecular flexibility index (Phi) is 8.09. The zero-order valence-corrected chi connectivity index (χ0v) is 19.4. The average Bonchev–Trinajstić information content (AvgIpc) is 3.24. The van der Waals surface area contributed by atoms with E-state index in [1.807, 2.05) is 7.05 Å². The molecular weight excluding hydrogens is 388 g/mol. The van der Waals surface area contributed by atoms with E-state index < -0.39 is 0 Å². The maximum Gasteiger partial charge on any atom is 0.193 e. The second-order valence-electron chi connectivity index (χ2n) is 9.43. The fraction of sp³-hybridized carbons (Fsp3) is 0.720. The molecule has 3 aliphatic rings. The molecule has 0 radical (unpaired) electrons. The molecule has 2 aliphatic heterocycles. The molecule has 6 nitrogen and oxygen atoms in total. The summed E-state index contributed by atoms with van der Waals surface area (Å²) in [5.41, 5.74) is 1.23. The Morgan fingerprint density at radius 2 is 1.90 bits per heavy atom. The number of benzene rings is 1. The van der Waals surface area contributed by atoms with Gasteiger partial charge in [-0.05, 0) is 62.3 Å². The van der Waals surface area contributed by atoms with Crippen molar-refractivity contribution < 1.29 is 9.47 Å². The van der Waals surface area contributed by atoms with Gasteiger partial charge >= 0.3 is 0 Å². The highest BCUT2D eigenvalue weighted by Crippen LogP contribution is 2.36. The molecule has 2 atom stereocenters. The van der Waals surface area contributed by atoms with Crippen LogP contribution < -0.4 is 10.1 Å². The van der Waals surface area contributed by atoms with Crippen LogP contribution in [0.15, 0.2) is 29.3 Å². The predicted octanol–water partition coefficient (Wildman–Crippen LogP) is 3.37. The van der Waals surface area contributed by atoms with Crippen LogP contribution in [-0.4, -0.2) is 75.4 Å². The van der Waals surface area contributed by atoms with Crippen LogP contribution in [0.1, 0.15) is 44.1 Å². The van der Waals surface area contributed by atoms with Crippen LogP contribution in [0.3, 0.4) is 0 Å². The van der Waals surface area contributed by atoms with Gasteiger partial charge in [0, 0.05) is 52.5 Å². The van der Waals surface area contributed by atoms with Gasteiger partial charge < -0.3 is 19.7 Å². The number of hydrogen-bond donors (Lipinski definition) is 1. The number of ether oxygens (including phenoxy) is 2. The Morgan fingerprint density at radius 3 is 2.61 bits per heavy atom. The Bertz CT molecular complexity index is 705. The first-order valence-corrected chi connectivity index (χ1v) is 12.2. The molecule has 1 saturated carbocycles. The van der Waals surface area contributed by atoms with E-state index in [9.17, 15) is 0 Å². The summed E-state index contributed by atoms with van der Waals surface area (Å²) >= 11 is 0. The van der Waals surface area contributed by atoms with Crippen LogP contribution in [0.5, 0.6) is 5.75 Å². The standard InChI is InChI=1S/C25H40N4O2/c1-26-25(29-18-21-7-3-4-8-22(21)19-29)27-17-20-6-5-9-24(16-20)31-15-12-28(2)23-10-13-30-14-11-23/h5-6,9,16,21-23H,3-4,7-8,10-15,17-19H2,1-2H3,(H,26,27). The molecule has 1 aliphatic carbocycles. The Labute approximate surface area is 188 Å². The van der Waals surface area contributed by atoms with Crippen LogP contribution in [-0.2, 0) is 11.3 Å². The maximum absolute atomic E-state index is 6.06. The van der Waals surface area contributed by atoms with Crippen molar-refractivity contribution in [3.05, 3.63) is 29.8 Å². The van der Waals surface area contributed by atoms with E-state index in [0.29, 0.717) is 12.6 Å². The largest absolute Gasteiger partial charge is 0.492 e. The number of guanidine groups is 1. The summed E-state index contributed by atoms with van der Waals surface area (Å²) in [4.78, 5) is 9.44. The lowest BCUT2D eigenvalue weighted by Gasteiger charge is -2.31. The van der Waals surface area contributed by atoms with Crippen molar-refractivity contribution in [1.82, 2.24) is 15.1 Å². The van der Waals surface area contributed by atoms with E-state index in [0.717, 1.165) is 75.8 Å². The second-order valence-corrected chi connectivity index (χ2v) is 9.43. The molecule has 1 aromatic rings. The van der Waals surface area contributed by atoms with Gasteiger partial charge in [-0.1, -0.05) is 25.0 Å². The molecule has 172 valence electrons. The Morgan fingerprint density at radius 1 is 1.16 bits per heavy atom. The maximum atomic E-state index is 6.06. The van der Waals surface area contributed by atoms with Crippen molar-refractivity contribution in [2.45, 2.75) is 51.1 Å². The number of rotatable bonds is 7. The van der Waals surface area contributed by atoms with E-state index >= 15 is 0 Å². The number of hydrogen-bond acceptors (Lipinski definition) is 4. The molecule has 0 spiro atoms. The van der Waals surface area contributed by atoms with Crippen molar-refractivity contribution in [2.24, 2.45) is 16.8 Å². The highest BCUT2D eigenvalue weighted by atomic mass is 16.5. The van der Waals surface area contributed by atoms with Crippen molar-refractivity contribution in [1.29, 1.82) is 0 Å². The van der Waals surface area contributed by atoms with E-state index in [1.165, 1.54) is 31.2 Å². The third-order valence-corrected chi connectivity index (χ3v) is 7.36. The molecule has 3 fully saturated rings. The first kappa shape index (κ1) is 22.4. The molecule has 6 heteroatoms. The fourth-order valence-electron chi connectivity index (χ4n) is 5.45. The lowest BCUT2D eigenvalue weighted by molar-refractivity contribution is 0.0392. The molecule has 4 rings (SSSR count). The topological polar surface area (TPSA) is 49.3 Å². The lowest BCUT2D eigenvalue weighted by Crippen LogP contribution is -2.39. The summed E-state index contributed by atoms with van der Waals surface area (Å²) in [6.07, 6.45) is 7.83. The predicted molar refractivity (Wildman–Crippen MR) is 126 cm³/mol. The van der Waals surface area contributed by atoms with Crippen molar-refractivity contribution in [3.63, 3.8) is 0 Å². The van der Waals surface area contributed by atoms with Gasteiger partial charge in [0.2, 0.25) is 0 Å². The normalized spacial score (nSPS) is 25.0. The van der Waals surface area contributed by atoms with Gasteiger partial charge in [0.05, 0.1) is 0 Å². The van der Waals surface area contributed by atoms with E-state index in [-0.39, 0.29) is 0 Å². The Balaban J connectivity index is 1.22. The second kappa shape index (κ2) is 11.2. The highest BCUT2D eigenvalue weighted by Gasteiger charge is 2.35. The van der Waals surface area contributed by atoms with Gasteiger partial charge in [-0.25, -0.2) is 0 Å². The summed E-state index contributed by atoms with van der Waals surface area (Å²) < 4.78 is 11.5. The van der Waals surface area contributed by atoms with Gasteiger partial charge in [0.15, 0.2) is 5.96 Å². The van der Waals surface area contributed by atoms with Gasteiger partial charge in [-0.2, -0.15) is 0 Å². The molecule has 1 N–H and O–H groups in total. The zero-order chi connectivity index (χ0) is 21.5. The number of likely N-dealkylation sites (tertiary alicyclic amines) is 1. The Hall–Kier alpha value is -1.79. The molecule has 2 heterocycles. The summed E-state index contributed by atoms with van der Waals surface area (Å²) in [6.45, 7) is 6.51. The monoisotopic (exact) mass is 428 g/mol. The first-order chi connectivity index (χ1) is 15.2. The number of nitrogens with zero attached hydrogens (tertiary/aromatic N) is 3. The molecule has 2 unspecified atom stereocenters. The first-order valence-electron chi connectivity index (χ1n) is 12.2. The smallest absolute Gasteiger partial charge is 0.193 e. The fourth-order valence-corrected chi connectivity index (χ4v) is 5.45. The molecule has 31 heavy (non-hydrogen) atoms. The molecule has 0 amide bonds. The van der Waals surface area contributed by atoms with Gasteiger partial charge in [-0.3, -0.25) is 9.89 Å². The van der Waals surface area contributed by atoms with Crippen LogP contribution in [0, 0.1) is 11.8 Å². The molecule has 0 bridgehead atoms. The summed E-state index contributed by atoms with van der Waals surface area (Å²) in [5, 5.41) is 3.58. The number of aliphatic imine (C=N–C) groups is 1. The van der Waals surface area contributed by atoms with Crippen LogP contribution >= 0.6 is 0 Å². The quantitative estimate of drug-likeness (QED) is 0.533. The van der Waals surface area contributed by atoms with Crippen LogP contribution in [0.25, 0.3) is 0 Å². The minimum atomic E-state index is 0.619. The molecule has 1 aromatic carbocycles. The van der Waals surface area contributed by atoms with Crippen molar-refractivity contribution >= 4 is 5.96 Å². The average molecular weight is 429 g/mol. The minimum absolute atomic E-state index is 0.619. The SMILES string of the molecule is CN=C(NCc1cccc(OCCN(C)C2CCOCC2)c1)N1CC2CCCCC2C1. The van der Waals surface area contributed by atoms with Gasteiger partial charge in [-0.15, -0.1) is 0 Å². The van der Waals surface area contributed by atoms with E-state index in [1.54, 1.807) is 0 Å². The molecule has 0 aromatic heterocycles. The summed E-state index contributed by atoms with van der Waals surface area (Å²) in [5.74, 6) is 3.72. The van der Waals surface area contributed by atoms with Crippen molar-refractivity contribution in [2.75, 3.05) is 53.6 Å². The number of likely N-dealkylation sites (N-methyl/N-ethyl adjacent to an activating group) is 1. The minimum Gasteiger partial charge on any atom is -0.492 e. The summed E-state index contributed by atoms with van der Waals surface area (Å²) in [6, 6.07) is 9.07. The number of nitrogens with one attached hydrogen (secondary N) is 1. The summed E-state index contributed by atoms with van der Waals surface area (Å²) in [7, 11) is 4.10. The lowest BCUT2D eigenvalue weighted by atomic mass is 9.82. The zero-order valence-electron chi connectivity index (χ0n) is 19.4. The number of fused-ring (bicyclic) bond motifs is 1. The van der Waals surface area contributed by atoms with Crippen LogP contribution in [0.4, 0.5) is 0 Å². The third-order valence-electron chi connectivity index (χ3n) is 7.36.